The van der Waals surface area contributed by atoms with Crippen molar-refractivity contribution >= 4 is 12.1 Å². The van der Waals surface area contributed by atoms with E-state index < -0.39 is 5.54 Å². The Balaban J connectivity index is 1.29. The Morgan fingerprint density at radius 1 is 0.673 bits per heavy atom. The zero-order valence-electron chi connectivity index (χ0n) is 31.4. The van der Waals surface area contributed by atoms with Crippen molar-refractivity contribution in [3.8, 4) is 16.9 Å². The summed E-state index contributed by atoms with van der Waals surface area (Å²) >= 11 is 0. The van der Waals surface area contributed by atoms with Crippen molar-refractivity contribution in [3.05, 3.63) is 125 Å². The van der Waals surface area contributed by atoms with Gasteiger partial charge in [-0.2, -0.15) is 0 Å². The maximum atomic E-state index is 14.8. The minimum absolute atomic E-state index is 0.0411. The third kappa shape index (κ3) is 13.3. The Bertz CT molecular complexity index is 1730. The van der Waals surface area contributed by atoms with Crippen LogP contribution < -0.4 is 21.3 Å². The monoisotopic (exact) mass is 710 g/mol. The molecule has 2 atom stereocenters. The van der Waals surface area contributed by atoms with Gasteiger partial charge < -0.3 is 36.2 Å². The predicted octanol–water partition coefficient (Wildman–Crippen LogP) is 6.01. The van der Waals surface area contributed by atoms with E-state index in [2.05, 4.69) is 55.3 Å². The standard InChI is InChI=1S/C42H55FN6O3/c1-42(2,27-31-11-8-7-9-12-31)47-41(52)46-29-38(49(5)6)25-32-13-10-14-34(21-32)35-22-33(23-36(43)26-35)19-20-44-40(51)45-28-37(48(3)4)24-30-15-17-39(50)18-16-30/h7-18,21-23,26,37-38,50H,19-20,24-25,27-29H2,1-6H3,(H2,44,45,51)(H2,46,47,52). The van der Waals surface area contributed by atoms with Crippen LogP contribution in [0, 0.1) is 5.82 Å². The van der Waals surface area contributed by atoms with Gasteiger partial charge in [0, 0.05) is 37.3 Å². The van der Waals surface area contributed by atoms with E-state index in [1.807, 2.05) is 90.6 Å². The molecule has 0 bridgehead atoms. The first-order valence-corrected chi connectivity index (χ1v) is 17.9. The minimum Gasteiger partial charge on any atom is -0.508 e. The van der Waals surface area contributed by atoms with Gasteiger partial charge in [0.2, 0.25) is 0 Å². The van der Waals surface area contributed by atoms with Crippen molar-refractivity contribution in [2.75, 3.05) is 47.8 Å². The number of likely N-dealkylation sites (N-methyl/N-ethyl adjacent to an activating group) is 2. The number of nitrogens with zero attached hydrogens (tertiary/aromatic N) is 2. The first-order chi connectivity index (χ1) is 24.8. The van der Waals surface area contributed by atoms with Gasteiger partial charge >= 0.3 is 12.1 Å². The Morgan fingerprint density at radius 3 is 1.92 bits per heavy atom. The number of carbonyl (C=O) groups excluding carboxylic acids is 2. The molecule has 2 unspecified atom stereocenters. The average molecular weight is 711 g/mol. The van der Waals surface area contributed by atoms with Crippen LogP contribution in [-0.4, -0.2) is 92.4 Å². The highest BCUT2D eigenvalue weighted by molar-refractivity contribution is 5.75. The quantitative estimate of drug-likeness (QED) is 0.0924. The SMILES string of the molecule is CN(C)C(CNC(=O)NCCc1cc(F)cc(-c2cccc(CC(CNC(=O)NC(C)(C)Cc3ccccc3)N(C)C)c2)c1)Cc1ccc(O)cc1. The van der Waals surface area contributed by atoms with Gasteiger partial charge in [0.15, 0.2) is 0 Å². The summed E-state index contributed by atoms with van der Waals surface area (Å²) in [5.41, 5.74) is 5.36. The van der Waals surface area contributed by atoms with Gasteiger partial charge in [-0.3, -0.25) is 0 Å². The molecule has 0 radical (unpaired) electrons. The zero-order chi connectivity index (χ0) is 37.7. The van der Waals surface area contributed by atoms with Gasteiger partial charge in [-0.15, -0.1) is 0 Å². The predicted molar refractivity (Wildman–Crippen MR) is 208 cm³/mol. The molecule has 52 heavy (non-hydrogen) atoms. The minimum atomic E-state index is -0.411. The van der Waals surface area contributed by atoms with Gasteiger partial charge in [0.25, 0.3) is 0 Å². The van der Waals surface area contributed by atoms with Crippen molar-refractivity contribution in [3.63, 3.8) is 0 Å². The van der Waals surface area contributed by atoms with Crippen molar-refractivity contribution in [2.24, 2.45) is 0 Å². The van der Waals surface area contributed by atoms with Crippen LogP contribution in [0.2, 0.25) is 0 Å². The molecular formula is C42H55FN6O3. The van der Waals surface area contributed by atoms with Gasteiger partial charge in [-0.05, 0) is 125 Å². The Labute approximate surface area is 308 Å². The molecule has 0 fully saturated rings. The van der Waals surface area contributed by atoms with Crippen molar-refractivity contribution in [1.82, 2.24) is 31.1 Å². The molecule has 5 N–H and O–H groups in total. The fourth-order valence-corrected chi connectivity index (χ4v) is 6.20. The van der Waals surface area contributed by atoms with Crippen LogP contribution in [0.5, 0.6) is 5.75 Å². The lowest BCUT2D eigenvalue weighted by molar-refractivity contribution is 0.221. The summed E-state index contributed by atoms with van der Waals surface area (Å²) in [5, 5.41) is 21.6. The van der Waals surface area contributed by atoms with E-state index >= 15 is 0 Å². The Kier molecular flexibility index (Phi) is 14.6. The van der Waals surface area contributed by atoms with Crippen molar-refractivity contribution < 1.29 is 19.1 Å². The topological polar surface area (TPSA) is 109 Å². The molecule has 4 rings (SSSR count). The van der Waals surface area contributed by atoms with E-state index in [1.165, 1.54) is 12.1 Å². The Hall–Kier alpha value is -4.93. The van der Waals surface area contributed by atoms with Crippen LogP contribution in [-0.2, 0) is 25.7 Å². The van der Waals surface area contributed by atoms with Gasteiger partial charge in [-0.1, -0.05) is 72.8 Å². The highest BCUT2D eigenvalue weighted by atomic mass is 19.1. The number of halogens is 1. The normalized spacial score (nSPS) is 12.7. The molecule has 0 spiro atoms. The lowest BCUT2D eigenvalue weighted by Crippen LogP contribution is -2.52. The maximum Gasteiger partial charge on any atom is 0.315 e. The lowest BCUT2D eigenvalue weighted by atomic mass is 9.95. The van der Waals surface area contributed by atoms with Crippen molar-refractivity contribution in [1.29, 1.82) is 0 Å². The number of aromatic hydroxyl groups is 1. The molecule has 0 saturated heterocycles. The van der Waals surface area contributed by atoms with Crippen LogP contribution >= 0.6 is 0 Å². The van der Waals surface area contributed by atoms with E-state index in [0.29, 0.717) is 32.5 Å². The summed E-state index contributed by atoms with van der Waals surface area (Å²) < 4.78 is 14.8. The highest BCUT2D eigenvalue weighted by Crippen LogP contribution is 2.24. The van der Waals surface area contributed by atoms with Gasteiger partial charge in [0.1, 0.15) is 11.6 Å². The number of phenols is 1. The van der Waals surface area contributed by atoms with Crippen LogP contribution in [0.15, 0.2) is 97.1 Å². The zero-order valence-corrected chi connectivity index (χ0v) is 31.4. The molecule has 0 aliphatic heterocycles. The van der Waals surface area contributed by atoms with Crippen molar-refractivity contribution in [2.45, 2.75) is 57.2 Å². The molecule has 0 aliphatic carbocycles. The third-order valence-electron chi connectivity index (χ3n) is 9.19. The summed E-state index contributed by atoms with van der Waals surface area (Å²) in [6.45, 7) is 5.30. The molecule has 0 aromatic heterocycles. The fourth-order valence-electron chi connectivity index (χ4n) is 6.20. The molecule has 4 aromatic carbocycles. The number of amides is 4. The maximum absolute atomic E-state index is 14.8. The smallest absolute Gasteiger partial charge is 0.315 e. The van der Waals surface area contributed by atoms with Gasteiger partial charge in [-0.25, -0.2) is 14.0 Å². The number of urea groups is 2. The van der Waals surface area contributed by atoms with Crippen LogP contribution in [0.25, 0.3) is 11.1 Å². The number of carbonyl (C=O) groups is 2. The molecule has 0 heterocycles. The molecule has 4 amide bonds. The third-order valence-corrected chi connectivity index (χ3v) is 9.19. The number of hydrogen-bond acceptors (Lipinski definition) is 5. The fraction of sp³-hybridized carbons (Fsp3) is 0.381. The summed E-state index contributed by atoms with van der Waals surface area (Å²) in [5.74, 6) is -0.108. The van der Waals surface area contributed by atoms with E-state index in [-0.39, 0.29) is 35.7 Å². The lowest BCUT2D eigenvalue weighted by Gasteiger charge is -2.29. The average Bonchev–Trinajstić information content (AvgIpc) is 3.09. The molecule has 278 valence electrons. The van der Waals surface area contributed by atoms with Crippen LogP contribution in [0.1, 0.15) is 36.1 Å². The second-order valence-corrected chi connectivity index (χ2v) is 14.6. The molecule has 0 aliphatic rings. The number of rotatable bonds is 17. The largest absolute Gasteiger partial charge is 0.508 e. The first-order valence-electron chi connectivity index (χ1n) is 17.9. The molecular weight excluding hydrogens is 655 g/mol. The Morgan fingerprint density at radius 2 is 1.27 bits per heavy atom. The first kappa shape index (κ1) is 39.8. The van der Waals surface area contributed by atoms with Crippen LogP contribution in [0.4, 0.5) is 14.0 Å². The number of hydrogen-bond donors (Lipinski definition) is 5. The van der Waals surface area contributed by atoms with E-state index in [4.69, 9.17) is 0 Å². The van der Waals surface area contributed by atoms with Gasteiger partial charge in [0.05, 0.1) is 0 Å². The number of phenolic OH excluding ortho intramolecular Hbond substituents is 1. The molecule has 4 aromatic rings. The summed E-state index contributed by atoms with van der Waals surface area (Å²) in [6.07, 6.45) is 2.61. The second-order valence-electron chi connectivity index (χ2n) is 14.6. The number of benzene rings is 4. The highest BCUT2D eigenvalue weighted by Gasteiger charge is 2.22. The van der Waals surface area contributed by atoms with E-state index in [1.54, 1.807) is 12.1 Å². The number of nitrogens with one attached hydrogen (secondary N) is 4. The summed E-state index contributed by atoms with van der Waals surface area (Å²) in [4.78, 5) is 29.7. The summed E-state index contributed by atoms with van der Waals surface area (Å²) in [7, 11) is 7.93. The van der Waals surface area contributed by atoms with E-state index in [9.17, 15) is 19.1 Å². The van der Waals surface area contributed by atoms with E-state index in [0.717, 1.165) is 46.2 Å². The molecule has 0 saturated carbocycles. The molecule has 9 nitrogen and oxygen atoms in total. The molecule has 10 heteroatoms. The van der Waals surface area contributed by atoms with Crippen LogP contribution in [0.3, 0.4) is 0 Å². The second kappa shape index (κ2) is 19.1. The summed E-state index contributed by atoms with van der Waals surface area (Å²) in [6, 6.07) is 29.9.